The molecule has 1 N–H and O–H groups in total. The third-order valence-corrected chi connectivity index (χ3v) is 12.2. The first kappa shape index (κ1) is 25.6. The first-order chi connectivity index (χ1) is 16.9. The van der Waals surface area contributed by atoms with Crippen molar-refractivity contribution in [3.8, 4) is 5.75 Å². The number of hydrogen-bond acceptors (Lipinski definition) is 4. The van der Waals surface area contributed by atoms with Gasteiger partial charge in [-0.1, -0.05) is 93.6 Å². The maximum Gasteiger partial charge on any atom is 0.261 e. The van der Waals surface area contributed by atoms with Crippen molar-refractivity contribution < 1.29 is 9.16 Å². The molecule has 0 bridgehead atoms. The van der Waals surface area contributed by atoms with Crippen LogP contribution in [-0.4, -0.2) is 52.6 Å². The molecule has 1 saturated heterocycles. The highest BCUT2D eigenvalue weighted by Gasteiger charge is 2.50. The number of methoxy groups -OCH3 is 1. The van der Waals surface area contributed by atoms with Gasteiger partial charge in [0, 0.05) is 38.8 Å². The Kier molecular flexibility index (Phi) is 8.45. The van der Waals surface area contributed by atoms with Gasteiger partial charge in [0.25, 0.3) is 8.32 Å². The summed E-state index contributed by atoms with van der Waals surface area (Å²) in [5.74, 6) is 0.907. The van der Waals surface area contributed by atoms with Crippen LogP contribution in [0.1, 0.15) is 32.8 Å². The number of rotatable bonds is 9. The van der Waals surface area contributed by atoms with E-state index in [0.29, 0.717) is 6.04 Å². The number of nitrogens with zero attached hydrogens (tertiary/aromatic N) is 1. The molecule has 1 fully saturated rings. The zero-order valence-electron chi connectivity index (χ0n) is 21.7. The normalized spacial score (nSPS) is 17.3. The molecular weight excluding hydrogens is 448 g/mol. The van der Waals surface area contributed by atoms with E-state index >= 15 is 0 Å². The molecule has 0 aromatic heterocycles. The van der Waals surface area contributed by atoms with Gasteiger partial charge in [-0.05, 0) is 39.5 Å². The molecule has 0 saturated carbocycles. The highest BCUT2D eigenvalue weighted by Crippen LogP contribution is 2.37. The molecule has 5 heteroatoms. The second-order valence-electron chi connectivity index (χ2n) is 10.5. The van der Waals surface area contributed by atoms with Crippen molar-refractivity contribution >= 4 is 18.7 Å². The third kappa shape index (κ3) is 5.87. The minimum absolute atomic E-state index is 0.00328. The van der Waals surface area contributed by atoms with Crippen molar-refractivity contribution in [1.29, 1.82) is 0 Å². The lowest BCUT2D eigenvalue weighted by atomic mass is 10.1. The molecule has 0 spiro atoms. The van der Waals surface area contributed by atoms with Gasteiger partial charge in [0.1, 0.15) is 5.75 Å². The standard InChI is InChI=1S/C30H40N2O2Si/c1-30(2,3)35(28-11-7-5-8-12-28,29-13-9-6-10-14-29)34-22-19-26-23-31-20-21-32(26)24-25-15-17-27(33-4)18-16-25/h5-18,26,31H,19-24H2,1-4H3. The van der Waals surface area contributed by atoms with Crippen LogP contribution < -0.4 is 20.4 Å². The maximum absolute atomic E-state index is 7.17. The second-order valence-corrected chi connectivity index (χ2v) is 14.8. The molecular formula is C30H40N2O2Si. The summed E-state index contributed by atoms with van der Waals surface area (Å²) in [5.41, 5.74) is 1.32. The van der Waals surface area contributed by atoms with Crippen LogP contribution in [0, 0.1) is 0 Å². The summed E-state index contributed by atoms with van der Waals surface area (Å²) in [7, 11) is -0.778. The molecule has 1 aliphatic rings. The van der Waals surface area contributed by atoms with Gasteiger partial charge in [0.05, 0.1) is 7.11 Å². The van der Waals surface area contributed by atoms with Crippen molar-refractivity contribution in [1.82, 2.24) is 10.2 Å². The second kappa shape index (κ2) is 11.5. The molecule has 1 aliphatic heterocycles. The van der Waals surface area contributed by atoms with Gasteiger partial charge in [-0.3, -0.25) is 4.90 Å². The Morgan fingerprint density at radius 2 is 1.49 bits per heavy atom. The summed E-state index contributed by atoms with van der Waals surface area (Å²) < 4.78 is 12.5. The van der Waals surface area contributed by atoms with Crippen LogP contribution in [0.5, 0.6) is 5.75 Å². The summed E-state index contributed by atoms with van der Waals surface area (Å²) in [6.45, 7) is 11.8. The van der Waals surface area contributed by atoms with E-state index in [4.69, 9.17) is 9.16 Å². The van der Waals surface area contributed by atoms with Gasteiger partial charge in [-0.25, -0.2) is 0 Å². The predicted octanol–water partition coefficient (Wildman–Crippen LogP) is 4.44. The van der Waals surface area contributed by atoms with E-state index in [0.717, 1.165) is 45.0 Å². The zero-order valence-corrected chi connectivity index (χ0v) is 22.7. The molecule has 1 heterocycles. The van der Waals surface area contributed by atoms with Crippen LogP contribution in [0.25, 0.3) is 0 Å². The van der Waals surface area contributed by atoms with Gasteiger partial charge in [0.15, 0.2) is 0 Å². The van der Waals surface area contributed by atoms with E-state index < -0.39 is 8.32 Å². The first-order valence-electron chi connectivity index (χ1n) is 12.8. The molecule has 186 valence electrons. The molecule has 3 aromatic rings. The number of ether oxygens (including phenoxy) is 1. The zero-order chi connectivity index (χ0) is 24.7. The molecule has 0 aliphatic carbocycles. The van der Waals surface area contributed by atoms with Crippen molar-refractivity contribution in [3.63, 3.8) is 0 Å². The monoisotopic (exact) mass is 488 g/mol. The first-order valence-corrected chi connectivity index (χ1v) is 14.7. The summed E-state index contributed by atoms with van der Waals surface area (Å²) in [5, 5.41) is 6.29. The molecule has 4 rings (SSSR count). The largest absolute Gasteiger partial charge is 0.497 e. The van der Waals surface area contributed by atoms with Gasteiger partial charge < -0.3 is 14.5 Å². The lowest BCUT2D eigenvalue weighted by Crippen LogP contribution is -2.66. The van der Waals surface area contributed by atoms with Crippen LogP contribution in [0.15, 0.2) is 84.9 Å². The quantitative estimate of drug-likeness (QED) is 0.452. The molecule has 3 aromatic carbocycles. The number of benzene rings is 3. The third-order valence-electron chi connectivity index (χ3n) is 7.20. The van der Waals surface area contributed by atoms with Gasteiger partial charge in [0.2, 0.25) is 0 Å². The molecule has 1 atom stereocenters. The molecule has 0 radical (unpaired) electrons. The van der Waals surface area contributed by atoms with E-state index in [-0.39, 0.29) is 5.04 Å². The maximum atomic E-state index is 7.17. The highest BCUT2D eigenvalue weighted by molar-refractivity contribution is 6.99. The highest BCUT2D eigenvalue weighted by atomic mass is 28.4. The Bertz CT molecular complexity index is 996. The van der Waals surface area contributed by atoms with Crippen molar-refractivity contribution in [2.75, 3.05) is 33.4 Å². The van der Waals surface area contributed by atoms with Crippen LogP contribution in [0.3, 0.4) is 0 Å². The van der Waals surface area contributed by atoms with Gasteiger partial charge in [-0.15, -0.1) is 0 Å². The average Bonchev–Trinajstić information content (AvgIpc) is 2.88. The Morgan fingerprint density at radius 1 is 0.886 bits per heavy atom. The summed E-state index contributed by atoms with van der Waals surface area (Å²) in [6, 6.07) is 30.8. The lowest BCUT2D eigenvalue weighted by molar-refractivity contribution is 0.126. The topological polar surface area (TPSA) is 33.7 Å². The van der Waals surface area contributed by atoms with Crippen LogP contribution in [-0.2, 0) is 11.0 Å². The number of nitrogens with one attached hydrogen (secondary N) is 1. The number of piperazine rings is 1. The van der Waals surface area contributed by atoms with Crippen LogP contribution in [0.2, 0.25) is 5.04 Å². The Labute approximate surface area is 212 Å². The SMILES string of the molecule is COc1ccc(CN2CCNCC2CCO[Si](c2ccccc2)(c2ccccc2)C(C)(C)C)cc1. The summed E-state index contributed by atoms with van der Waals surface area (Å²) in [4.78, 5) is 2.60. The Morgan fingerprint density at radius 3 is 2.03 bits per heavy atom. The summed E-state index contributed by atoms with van der Waals surface area (Å²) >= 11 is 0. The smallest absolute Gasteiger partial charge is 0.261 e. The lowest BCUT2D eigenvalue weighted by Gasteiger charge is -2.44. The van der Waals surface area contributed by atoms with E-state index in [1.54, 1.807) is 7.11 Å². The number of hydrogen-bond donors (Lipinski definition) is 1. The minimum Gasteiger partial charge on any atom is -0.497 e. The predicted molar refractivity (Wildman–Crippen MR) is 148 cm³/mol. The molecule has 0 amide bonds. The van der Waals surface area contributed by atoms with Crippen molar-refractivity contribution in [2.45, 2.75) is 44.8 Å². The van der Waals surface area contributed by atoms with E-state index in [9.17, 15) is 0 Å². The molecule has 35 heavy (non-hydrogen) atoms. The fraction of sp³-hybridized carbons (Fsp3) is 0.400. The van der Waals surface area contributed by atoms with E-state index in [2.05, 4.69) is 116 Å². The van der Waals surface area contributed by atoms with Gasteiger partial charge in [-0.2, -0.15) is 0 Å². The summed E-state index contributed by atoms with van der Waals surface area (Å²) in [6.07, 6.45) is 1.01. The Balaban J connectivity index is 1.53. The van der Waals surface area contributed by atoms with Crippen molar-refractivity contribution in [2.24, 2.45) is 0 Å². The molecule has 1 unspecified atom stereocenters. The molecule has 4 nitrogen and oxygen atoms in total. The fourth-order valence-corrected chi connectivity index (χ4v) is 9.95. The van der Waals surface area contributed by atoms with Crippen LogP contribution in [0.4, 0.5) is 0 Å². The fourth-order valence-electron chi connectivity index (χ4n) is 5.37. The van der Waals surface area contributed by atoms with Crippen LogP contribution >= 0.6 is 0 Å². The van der Waals surface area contributed by atoms with E-state index in [1.807, 2.05) is 0 Å². The van der Waals surface area contributed by atoms with E-state index in [1.165, 1.54) is 15.9 Å². The minimum atomic E-state index is -2.49. The van der Waals surface area contributed by atoms with Gasteiger partial charge >= 0.3 is 0 Å². The van der Waals surface area contributed by atoms with Crippen molar-refractivity contribution in [3.05, 3.63) is 90.5 Å². The average molecular weight is 489 g/mol. The Hall–Kier alpha value is -2.44.